The lowest BCUT2D eigenvalue weighted by atomic mass is 9.98. The average molecular weight is 473 g/mol. The van der Waals surface area contributed by atoms with Gasteiger partial charge < -0.3 is 19.5 Å². The Morgan fingerprint density at radius 3 is 2.46 bits per heavy atom. The van der Waals surface area contributed by atoms with Crippen LogP contribution in [0.1, 0.15) is 36.7 Å². The summed E-state index contributed by atoms with van der Waals surface area (Å²) >= 11 is 0. The molecule has 3 aromatic rings. The van der Waals surface area contributed by atoms with Crippen LogP contribution < -0.4 is 9.47 Å². The quantitative estimate of drug-likeness (QED) is 0.289. The van der Waals surface area contributed by atoms with Crippen molar-refractivity contribution in [1.29, 1.82) is 0 Å². The number of aliphatic hydroxyl groups excluding tert-OH is 1. The van der Waals surface area contributed by atoms with E-state index in [1.165, 1.54) is 4.90 Å². The van der Waals surface area contributed by atoms with E-state index in [1.54, 1.807) is 67.9 Å². The molecule has 1 fully saturated rings. The lowest BCUT2D eigenvalue weighted by Crippen LogP contribution is -2.29. The highest BCUT2D eigenvalue weighted by molar-refractivity contribution is 6.46. The van der Waals surface area contributed by atoms with Crippen LogP contribution in [-0.2, 0) is 16.1 Å². The van der Waals surface area contributed by atoms with Gasteiger partial charge in [-0.1, -0.05) is 44.2 Å². The Bertz CT molecular complexity index is 1240. The van der Waals surface area contributed by atoms with E-state index in [-0.39, 0.29) is 17.9 Å². The molecule has 1 aliphatic heterocycles. The number of hydrogen-bond acceptors (Lipinski definition) is 6. The minimum atomic E-state index is -0.835. The van der Waals surface area contributed by atoms with Crippen molar-refractivity contribution in [1.82, 2.24) is 9.88 Å². The number of carbonyl (C=O) groups excluding carboxylic acids is 2. The van der Waals surface area contributed by atoms with E-state index in [0.29, 0.717) is 35.3 Å². The number of amides is 1. The van der Waals surface area contributed by atoms with Crippen molar-refractivity contribution in [2.24, 2.45) is 5.92 Å². The van der Waals surface area contributed by atoms with E-state index >= 15 is 0 Å². The maximum Gasteiger partial charge on any atom is 0.296 e. The summed E-state index contributed by atoms with van der Waals surface area (Å²) in [7, 11) is 1.58. The second-order valence-electron chi connectivity index (χ2n) is 8.76. The molecule has 180 valence electrons. The van der Waals surface area contributed by atoms with Crippen LogP contribution in [0.5, 0.6) is 11.5 Å². The van der Waals surface area contributed by atoms with Crippen LogP contribution in [0, 0.1) is 5.92 Å². The molecular formula is C28H28N2O5. The highest BCUT2D eigenvalue weighted by Gasteiger charge is 2.46. The standard InChI is InChI=1S/C28H28N2O5/c1-18(2)17-35-22-8-6-7-20(15-22)26(31)24-25(23-9-4-5-14-29-23)30(28(33)27(24)32)16-19-10-12-21(34-3)13-11-19/h4-15,18,25,31H,16-17H2,1-3H3/b26-24-. The van der Waals surface area contributed by atoms with Crippen LogP contribution in [-0.4, -0.2) is 40.4 Å². The van der Waals surface area contributed by atoms with Crippen LogP contribution in [0.25, 0.3) is 5.76 Å². The first kappa shape index (κ1) is 24.0. The van der Waals surface area contributed by atoms with Crippen molar-refractivity contribution in [3.8, 4) is 11.5 Å². The van der Waals surface area contributed by atoms with Gasteiger partial charge in [-0.25, -0.2) is 0 Å². The number of rotatable bonds is 8. The number of aliphatic hydroxyl groups is 1. The highest BCUT2D eigenvalue weighted by Crippen LogP contribution is 2.40. The Morgan fingerprint density at radius 2 is 1.80 bits per heavy atom. The molecule has 0 bridgehead atoms. The van der Waals surface area contributed by atoms with Crippen molar-refractivity contribution in [3.05, 3.63) is 95.3 Å². The van der Waals surface area contributed by atoms with E-state index < -0.39 is 17.7 Å². The molecular weight excluding hydrogens is 444 g/mol. The summed E-state index contributed by atoms with van der Waals surface area (Å²) in [5.41, 5.74) is 1.71. The topological polar surface area (TPSA) is 89.0 Å². The van der Waals surface area contributed by atoms with E-state index in [9.17, 15) is 14.7 Å². The third-order valence-electron chi connectivity index (χ3n) is 5.71. The number of likely N-dealkylation sites (tertiary alicyclic amines) is 1. The summed E-state index contributed by atoms with van der Waals surface area (Å²) in [6.07, 6.45) is 1.60. The molecule has 0 radical (unpaired) electrons. The van der Waals surface area contributed by atoms with Gasteiger partial charge in [0.15, 0.2) is 0 Å². The zero-order chi connectivity index (χ0) is 24.9. The minimum Gasteiger partial charge on any atom is -0.507 e. The number of ketones is 1. The summed E-state index contributed by atoms with van der Waals surface area (Å²) in [5, 5.41) is 11.3. The number of hydrogen-bond donors (Lipinski definition) is 1. The molecule has 4 rings (SSSR count). The Balaban J connectivity index is 1.76. The third-order valence-corrected chi connectivity index (χ3v) is 5.71. The summed E-state index contributed by atoms with van der Waals surface area (Å²) in [4.78, 5) is 32.2. The second-order valence-corrected chi connectivity index (χ2v) is 8.76. The Hall–Kier alpha value is -4.13. The third kappa shape index (κ3) is 5.19. The Morgan fingerprint density at radius 1 is 1.03 bits per heavy atom. The Labute approximate surface area is 204 Å². The van der Waals surface area contributed by atoms with Gasteiger partial charge in [-0.2, -0.15) is 0 Å². The SMILES string of the molecule is COc1ccc(CN2C(=O)C(=O)/C(=C(\O)c3cccc(OCC(C)C)c3)C2c2ccccn2)cc1. The van der Waals surface area contributed by atoms with Crippen molar-refractivity contribution in [2.45, 2.75) is 26.4 Å². The lowest BCUT2D eigenvalue weighted by molar-refractivity contribution is -0.140. The summed E-state index contributed by atoms with van der Waals surface area (Å²) in [6.45, 7) is 4.77. The molecule has 7 heteroatoms. The molecule has 1 aromatic heterocycles. The number of methoxy groups -OCH3 is 1. The first-order valence-electron chi connectivity index (χ1n) is 11.4. The van der Waals surface area contributed by atoms with Crippen molar-refractivity contribution >= 4 is 17.4 Å². The minimum absolute atomic E-state index is 0.00298. The van der Waals surface area contributed by atoms with Crippen LogP contribution in [0.2, 0.25) is 0 Å². The number of nitrogens with zero attached hydrogens (tertiary/aromatic N) is 2. The van der Waals surface area contributed by atoms with E-state index in [0.717, 1.165) is 5.56 Å². The molecule has 1 aliphatic rings. The van der Waals surface area contributed by atoms with Crippen LogP contribution in [0.15, 0.2) is 78.5 Å². The number of benzene rings is 2. The van der Waals surface area contributed by atoms with Gasteiger partial charge in [0, 0.05) is 18.3 Å². The summed E-state index contributed by atoms with van der Waals surface area (Å²) in [6, 6.07) is 18.6. The van der Waals surface area contributed by atoms with Crippen molar-refractivity contribution in [3.63, 3.8) is 0 Å². The molecule has 0 saturated carbocycles. The molecule has 0 aliphatic carbocycles. The maximum absolute atomic E-state index is 13.2. The van der Waals surface area contributed by atoms with Crippen LogP contribution >= 0.6 is 0 Å². The van der Waals surface area contributed by atoms with Gasteiger partial charge in [0.05, 0.1) is 25.0 Å². The molecule has 35 heavy (non-hydrogen) atoms. The fourth-order valence-electron chi connectivity index (χ4n) is 3.97. The monoisotopic (exact) mass is 472 g/mol. The number of pyridine rings is 1. The van der Waals surface area contributed by atoms with Gasteiger partial charge in [0.1, 0.15) is 23.3 Å². The number of Topliss-reactive ketones (excluding diaryl/α,β-unsaturated/α-hetero) is 1. The lowest BCUT2D eigenvalue weighted by Gasteiger charge is -2.24. The van der Waals surface area contributed by atoms with Gasteiger partial charge in [-0.15, -0.1) is 0 Å². The predicted molar refractivity (Wildman–Crippen MR) is 132 cm³/mol. The molecule has 1 amide bonds. The first-order chi connectivity index (χ1) is 16.9. The van der Waals surface area contributed by atoms with Crippen molar-refractivity contribution in [2.75, 3.05) is 13.7 Å². The maximum atomic E-state index is 13.2. The Kier molecular flexibility index (Phi) is 7.15. The van der Waals surface area contributed by atoms with Gasteiger partial charge in [-0.3, -0.25) is 14.6 Å². The molecule has 1 N–H and O–H groups in total. The number of ether oxygens (including phenoxy) is 2. The van der Waals surface area contributed by atoms with Crippen molar-refractivity contribution < 1.29 is 24.2 Å². The van der Waals surface area contributed by atoms with E-state index in [1.807, 2.05) is 26.0 Å². The molecule has 1 saturated heterocycles. The smallest absolute Gasteiger partial charge is 0.296 e. The zero-order valence-electron chi connectivity index (χ0n) is 20.0. The molecule has 0 spiro atoms. The second kappa shape index (κ2) is 10.4. The van der Waals surface area contributed by atoms with E-state index in [4.69, 9.17) is 9.47 Å². The van der Waals surface area contributed by atoms with Gasteiger partial charge >= 0.3 is 0 Å². The van der Waals surface area contributed by atoms with Crippen LogP contribution in [0.3, 0.4) is 0 Å². The van der Waals surface area contributed by atoms with Gasteiger partial charge in [0.25, 0.3) is 11.7 Å². The first-order valence-corrected chi connectivity index (χ1v) is 11.4. The largest absolute Gasteiger partial charge is 0.507 e. The van der Waals surface area contributed by atoms with Gasteiger partial charge in [0.2, 0.25) is 0 Å². The molecule has 7 nitrogen and oxygen atoms in total. The normalized spacial score (nSPS) is 17.1. The van der Waals surface area contributed by atoms with Crippen LogP contribution in [0.4, 0.5) is 0 Å². The number of carbonyl (C=O) groups is 2. The predicted octanol–water partition coefficient (Wildman–Crippen LogP) is 4.75. The molecule has 1 atom stereocenters. The number of aromatic nitrogens is 1. The fourth-order valence-corrected chi connectivity index (χ4v) is 3.97. The molecule has 1 unspecified atom stereocenters. The summed E-state index contributed by atoms with van der Waals surface area (Å²) in [5.74, 6) is -0.0995. The van der Waals surface area contributed by atoms with Gasteiger partial charge in [-0.05, 0) is 47.9 Å². The average Bonchev–Trinajstić information content (AvgIpc) is 3.13. The fraction of sp³-hybridized carbons (Fsp3) is 0.250. The molecule has 2 heterocycles. The van der Waals surface area contributed by atoms with E-state index in [2.05, 4.69) is 4.98 Å². The summed E-state index contributed by atoms with van der Waals surface area (Å²) < 4.78 is 11.0. The highest BCUT2D eigenvalue weighted by atomic mass is 16.5. The molecule has 2 aromatic carbocycles. The zero-order valence-corrected chi connectivity index (χ0v) is 20.0.